The summed E-state index contributed by atoms with van der Waals surface area (Å²) in [5.41, 5.74) is 6.91. The van der Waals surface area contributed by atoms with E-state index in [0.29, 0.717) is 5.82 Å². The first-order valence-electron chi connectivity index (χ1n) is 11.2. The summed E-state index contributed by atoms with van der Waals surface area (Å²) in [5, 5.41) is 14.4. The zero-order valence-corrected chi connectivity index (χ0v) is 18.8. The van der Waals surface area contributed by atoms with E-state index >= 15 is 0 Å². The molecule has 0 aliphatic carbocycles. The van der Waals surface area contributed by atoms with Crippen molar-refractivity contribution in [2.45, 2.75) is 45.7 Å². The lowest BCUT2D eigenvalue weighted by atomic mass is 9.98. The van der Waals surface area contributed by atoms with Crippen LogP contribution in [0.2, 0.25) is 0 Å². The van der Waals surface area contributed by atoms with Crippen LogP contribution in [0.25, 0.3) is 22.5 Å². The van der Waals surface area contributed by atoms with Gasteiger partial charge in [-0.2, -0.15) is 4.99 Å². The van der Waals surface area contributed by atoms with Gasteiger partial charge in [0.2, 0.25) is 5.84 Å². The number of amidine groups is 1. The zero-order valence-electron chi connectivity index (χ0n) is 18.8. The van der Waals surface area contributed by atoms with Gasteiger partial charge in [0.05, 0.1) is 13.3 Å². The zero-order chi connectivity index (χ0) is 22.1. The first-order chi connectivity index (χ1) is 15.6. The lowest BCUT2D eigenvalue weighted by Crippen LogP contribution is -2.47. The summed E-state index contributed by atoms with van der Waals surface area (Å²) in [6.07, 6.45) is 5.30. The quantitative estimate of drug-likeness (QED) is 0.553. The predicted molar refractivity (Wildman–Crippen MR) is 127 cm³/mol. The van der Waals surface area contributed by atoms with Gasteiger partial charge in [0.1, 0.15) is 18.3 Å². The van der Waals surface area contributed by atoms with Crippen LogP contribution in [0, 0.1) is 0 Å². The summed E-state index contributed by atoms with van der Waals surface area (Å²) in [6, 6.07) is 17.2. The molecule has 5 rings (SSSR count). The van der Waals surface area contributed by atoms with Crippen LogP contribution in [-0.4, -0.2) is 50.2 Å². The molecule has 7 nitrogen and oxygen atoms in total. The molecule has 2 atom stereocenters. The number of nitrogens with zero attached hydrogens (tertiary/aromatic N) is 6. The highest BCUT2D eigenvalue weighted by Crippen LogP contribution is 2.38. The number of likely N-dealkylation sites (N-methyl/N-ethyl adjacent to an activating group) is 1. The first-order valence-corrected chi connectivity index (χ1v) is 11.2. The van der Waals surface area contributed by atoms with Crippen LogP contribution < -0.4 is 0 Å². The number of tetrazole rings is 1. The number of aliphatic imine (C=N–C) groups is 2. The third kappa shape index (κ3) is 3.48. The largest absolute Gasteiger partial charge is 0.277 e. The number of rotatable bonds is 7. The lowest BCUT2D eigenvalue weighted by molar-refractivity contribution is -0.796. The number of H-pyrrole nitrogens is 1. The average molecular weight is 427 g/mol. The number of aromatic amines is 1. The van der Waals surface area contributed by atoms with E-state index in [1.165, 1.54) is 23.5 Å². The second-order valence-corrected chi connectivity index (χ2v) is 8.70. The maximum atomic E-state index is 4.99. The molecule has 2 aromatic carbocycles. The van der Waals surface area contributed by atoms with Crippen molar-refractivity contribution in [3.05, 3.63) is 65.5 Å². The number of hydrogen-bond acceptors (Lipinski definition) is 5. The minimum absolute atomic E-state index is 0.180. The summed E-state index contributed by atoms with van der Waals surface area (Å²) >= 11 is 0. The van der Waals surface area contributed by atoms with E-state index in [4.69, 9.17) is 4.99 Å². The molecule has 2 unspecified atom stereocenters. The summed E-state index contributed by atoms with van der Waals surface area (Å²) in [4.78, 5) is 9.61. The van der Waals surface area contributed by atoms with Crippen molar-refractivity contribution >= 4 is 12.1 Å². The van der Waals surface area contributed by atoms with Gasteiger partial charge in [-0.3, -0.25) is 4.99 Å². The Morgan fingerprint density at radius 3 is 2.53 bits per heavy atom. The summed E-state index contributed by atoms with van der Waals surface area (Å²) in [5.74, 6) is 1.92. The molecule has 3 heterocycles. The lowest BCUT2D eigenvalue weighted by Gasteiger charge is -2.33. The fraction of sp³-hybridized carbons (Fsp3) is 0.320. The molecule has 0 bridgehead atoms. The Morgan fingerprint density at radius 1 is 1.03 bits per heavy atom. The molecule has 1 N–H and O–H groups in total. The van der Waals surface area contributed by atoms with Gasteiger partial charge in [0.25, 0.3) is 0 Å². The van der Waals surface area contributed by atoms with Gasteiger partial charge < -0.3 is 0 Å². The van der Waals surface area contributed by atoms with Crippen LogP contribution in [0.1, 0.15) is 38.7 Å². The van der Waals surface area contributed by atoms with Gasteiger partial charge in [-0.15, -0.1) is 5.10 Å². The van der Waals surface area contributed by atoms with E-state index in [2.05, 4.69) is 76.8 Å². The van der Waals surface area contributed by atoms with E-state index in [1.54, 1.807) is 0 Å². The van der Waals surface area contributed by atoms with Crippen LogP contribution in [0.5, 0.6) is 0 Å². The summed E-state index contributed by atoms with van der Waals surface area (Å²) in [7, 11) is 2.29. The Hall–Kier alpha value is -3.45. The maximum absolute atomic E-state index is 4.99. The molecule has 7 heteroatoms. The molecule has 2 aliphatic heterocycles. The molecule has 0 spiro atoms. The van der Waals surface area contributed by atoms with Crippen LogP contribution in [0.3, 0.4) is 0 Å². The molecule has 1 aromatic heterocycles. The highest BCUT2D eigenvalue weighted by atomic mass is 15.5. The normalized spacial score (nSPS) is 21.8. The SMILES string of the molecule is CCCCC1=NC2=C(C(C)N=C2)[N+]1(C)Cc1ccc(-c2ccccc2-c2nnn[nH]2)cc1. The van der Waals surface area contributed by atoms with E-state index < -0.39 is 0 Å². The Bertz CT molecular complexity index is 1210. The van der Waals surface area contributed by atoms with E-state index in [-0.39, 0.29) is 6.04 Å². The van der Waals surface area contributed by atoms with Gasteiger partial charge in [-0.05, 0) is 34.9 Å². The first kappa shape index (κ1) is 20.5. The average Bonchev–Trinajstić information content (AvgIpc) is 3.52. The topological polar surface area (TPSA) is 79.2 Å². The third-order valence-electron chi connectivity index (χ3n) is 6.47. The molecule has 0 saturated carbocycles. The Labute approximate surface area is 188 Å². The molecule has 3 aromatic rings. The number of allylic oxidation sites excluding steroid dienone is 1. The van der Waals surface area contributed by atoms with Gasteiger partial charge in [0, 0.05) is 17.5 Å². The second kappa shape index (κ2) is 8.24. The van der Waals surface area contributed by atoms with Gasteiger partial charge in [0.15, 0.2) is 11.5 Å². The number of unbranched alkanes of at least 4 members (excludes halogenated alkanes) is 1. The van der Waals surface area contributed by atoms with Crippen molar-refractivity contribution in [2.24, 2.45) is 9.98 Å². The predicted octanol–water partition coefficient (Wildman–Crippen LogP) is 4.77. The maximum Gasteiger partial charge on any atom is 0.208 e. The molecule has 0 amide bonds. The van der Waals surface area contributed by atoms with Crippen molar-refractivity contribution in [3.8, 4) is 22.5 Å². The Balaban J connectivity index is 1.44. The van der Waals surface area contributed by atoms with Crippen molar-refractivity contribution in [2.75, 3.05) is 7.05 Å². The smallest absolute Gasteiger partial charge is 0.208 e. The molecule has 2 aliphatic rings. The third-order valence-corrected chi connectivity index (χ3v) is 6.47. The van der Waals surface area contributed by atoms with Crippen molar-refractivity contribution < 1.29 is 4.48 Å². The monoisotopic (exact) mass is 426 g/mol. The number of benzene rings is 2. The van der Waals surface area contributed by atoms with E-state index in [0.717, 1.165) is 46.3 Å². The molecule has 0 fully saturated rings. The highest BCUT2D eigenvalue weighted by molar-refractivity contribution is 5.92. The van der Waals surface area contributed by atoms with Crippen molar-refractivity contribution in [3.63, 3.8) is 0 Å². The number of aromatic nitrogens is 4. The molecule has 0 saturated heterocycles. The van der Waals surface area contributed by atoms with Crippen LogP contribution >= 0.6 is 0 Å². The van der Waals surface area contributed by atoms with Gasteiger partial charge >= 0.3 is 0 Å². The van der Waals surface area contributed by atoms with Crippen LogP contribution in [-0.2, 0) is 6.54 Å². The van der Waals surface area contributed by atoms with Gasteiger partial charge in [-0.25, -0.2) is 9.58 Å². The number of quaternary nitrogens is 1. The van der Waals surface area contributed by atoms with Gasteiger partial charge in [-0.1, -0.05) is 61.9 Å². The van der Waals surface area contributed by atoms with E-state index in [9.17, 15) is 0 Å². The number of hydrogen-bond donors (Lipinski definition) is 1. The minimum Gasteiger partial charge on any atom is -0.277 e. The van der Waals surface area contributed by atoms with Crippen molar-refractivity contribution in [1.82, 2.24) is 20.6 Å². The summed E-state index contributed by atoms with van der Waals surface area (Å²) in [6.45, 7) is 5.28. The standard InChI is InChI=1S/C25H28N7/c1-4-5-10-23-27-22-15-26-17(2)24(22)32(23,3)16-18-11-13-19(14-12-18)20-8-6-7-9-21(20)25-28-30-31-29-25/h6-9,11-15,17H,4-5,10,16H2,1-3H3,(H,28,29,30,31)/q+1. The molecule has 162 valence electrons. The minimum atomic E-state index is 0.180. The Morgan fingerprint density at radius 2 is 1.81 bits per heavy atom. The Kier molecular flexibility index (Phi) is 5.27. The molecule has 32 heavy (non-hydrogen) atoms. The van der Waals surface area contributed by atoms with Crippen LogP contribution in [0.4, 0.5) is 0 Å². The van der Waals surface area contributed by atoms with Crippen molar-refractivity contribution in [1.29, 1.82) is 0 Å². The molecule has 0 radical (unpaired) electrons. The highest BCUT2D eigenvalue weighted by Gasteiger charge is 2.45. The molecular weight excluding hydrogens is 398 g/mol. The number of nitrogens with one attached hydrogen (secondary N) is 1. The fourth-order valence-electron chi connectivity index (χ4n) is 4.86. The van der Waals surface area contributed by atoms with Crippen LogP contribution in [0.15, 0.2) is 69.9 Å². The second-order valence-electron chi connectivity index (χ2n) is 8.70. The molecular formula is C25H28N7+. The van der Waals surface area contributed by atoms with E-state index in [1.807, 2.05) is 24.4 Å². The fourth-order valence-corrected chi connectivity index (χ4v) is 4.86. The summed E-state index contributed by atoms with van der Waals surface area (Å²) < 4.78 is 0.746.